The molecule has 0 spiro atoms. The van der Waals surface area contributed by atoms with Crippen LogP contribution in [0.1, 0.15) is 17.3 Å². The molecule has 1 aliphatic rings. The maximum absolute atomic E-state index is 12.6. The number of nitrogens with two attached hydrogens (primary N) is 1. The molecule has 0 radical (unpaired) electrons. The molecule has 1 saturated heterocycles. The van der Waals surface area contributed by atoms with Crippen LogP contribution in [-0.2, 0) is 4.79 Å². The van der Waals surface area contributed by atoms with Crippen LogP contribution in [0.4, 0.5) is 17.1 Å². The number of primary amides is 1. The van der Waals surface area contributed by atoms with E-state index in [0.717, 1.165) is 18.8 Å². The first-order chi connectivity index (χ1) is 13.8. The first-order valence-electron chi connectivity index (χ1n) is 9.29. The Balaban J connectivity index is 1.53. The van der Waals surface area contributed by atoms with E-state index >= 15 is 0 Å². The van der Waals surface area contributed by atoms with E-state index in [-0.39, 0.29) is 17.6 Å². The summed E-state index contributed by atoms with van der Waals surface area (Å²) in [6.45, 7) is 4.71. The Bertz CT molecular complexity index is 890. The standard InChI is InChI=1S/C20H23N5O4/c1-14(20(27)22-16-4-2-15(3-5-16)19(21)26)23-10-12-24(13-11-23)17-6-8-18(9-7-17)25(28)29/h2-9,14H,10-13H2,1H3,(H2,21,26)(H,22,27)/t14-/m0/s1. The molecular weight excluding hydrogens is 374 g/mol. The number of carbonyl (C=O) groups excluding carboxylic acids is 2. The molecule has 9 nitrogen and oxygen atoms in total. The minimum atomic E-state index is -0.512. The van der Waals surface area contributed by atoms with E-state index < -0.39 is 10.8 Å². The van der Waals surface area contributed by atoms with Crippen molar-refractivity contribution in [2.75, 3.05) is 36.4 Å². The van der Waals surface area contributed by atoms with Gasteiger partial charge in [-0.3, -0.25) is 24.6 Å². The highest BCUT2D eigenvalue weighted by Gasteiger charge is 2.26. The fourth-order valence-electron chi connectivity index (χ4n) is 3.28. The van der Waals surface area contributed by atoms with Gasteiger partial charge in [0.1, 0.15) is 0 Å². The highest BCUT2D eigenvalue weighted by atomic mass is 16.6. The number of benzene rings is 2. The zero-order valence-electron chi connectivity index (χ0n) is 16.1. The summed E-state index contributed by atoms with van der Waals surface area (Å²) in [6, 6.07) is 12.6. The fourth-order valence-corrected chi connectivity index (χ4v) is 3.28. The van der Waals surface area contributed by atoms with Crippen LogP contribution in [0.15, 0.2) is 48.5 Å². The first-order valence-corrected chi connectivity index (χ1v) is 9.29. The Morgan fingerprint density at radius 2 is 1.62 bits per heavy atom. The molecule has 0 bridgehead atoms. The van der Waals surface area contributed by atoms with E-state index in [1.807, 2.05) is 6.92 Å². The molecule has 3 rings (SSSR count). The van der Waals surface area contributed by atoms with E-state index in [0.29, 0.717) is 24.3 Å². The maximum atomic E-state index is 12.6. The highest BCUT2D eigenvalue weighted by Crippen LogP contribution is 2.21. The Morgan fingerprint density at radius 1 is 1.03 bits per heavy atom. The third-order valence-corrected chi connectivity index (χ3v) is 5.10. The predicted octanol–water partition coefficient (Wildman–Crippen LogP) is 1.84. The second-order valence-electron chi connectivity index (χ2n) is 6.90. The summed E-state index contributed by atoms with van der Waals surface area (Å²) in [6.07, 6.45) is 0. The van der Waals surface area contributed by atoms with Gasteiger partial charge in [-0.05, 0) is 43.3 Å². The van der Waals surface area contributed by atoms with Crippen LogP contribution in [0.3, 0.4) is 0 Å². The SMILES string of the molecule is C[C@@H](C(=O)Nc1ccc(C(N)=O)cc1)N1CCN(c2ccc([N+](=O)[O-])cc2)CC1. The van der Waals surface area contributed by atoms with Crippen LogP contribution in [-0.4, -0.2) is 53.9 Å². The first kappa shape index (κ1) is 20.3. The molecule has 1 atom stereocenters. The van der Waals surface area contributed by atoms with E-state index in [4.69, 9.17) is 5.73 Å². The molecule has 2 aromatic carbocycles. The molecule has 0 aromatic heterocycles. The van der Waals surface area contributed by atoms with Crippen molar-refractivity contribution in [3.63, 3.8) is 0 Å². The van der Waals surface area contributed by atoms with Gasteiger partial charge in [-0.15, -0.1) is 0 Å². The van der Waals surface area contributed by atoms with Crippen LogP contribution >= 0.6 is 0 Å². The lowest BCUT2D eigenvalue weighted by atomic mass is 10.1. The molecule has 0 unspecified atom stereocenters. The highest BCUT2D eigenvalue weighted by molar-refractivity contribution is 5.96. The lowest BCUT2D eigenvalue weighted by Gasteiger charge is -2.38. The van der Waals surface area contributed by atoms with Gasteiger partial charge in [0.2, 0.25) is 11.8 Å². The van der Waals surface area contributed by atoms with Crippen molar-refractivity contribution < 1.29 is 14.5 Å². The molecule has 2 amide bonds. The number of amides is 2. The third kappa shape index (κ3) is 4.88. The number of nitro benzene ring substituents is 1. The van der Waals surface area contributed by atoms with Gasteiger partial charge in [-0.1, -0.05) is 0 Å². The van der Waals surface area contributed by atoms with E-state index in [1.165, 1.54) is 12.1 Å². The number of nitrogens with zero attached hydrogens (tertiary/aromatic N) is 3. The van der Waals surface area contributed by atoms with Crippen molar-refractivity contribution in [2.24, 2.45) is 5.73 Å². The number of piperazine rings is 1. The monoisotopic (exact) mass is 397 g/mol. The van der Waals surface area contributed by atoms with Gasteiger partial charge in [-0.2, -0.15) is 0 Å². The molecule has 29 heavy (non-hydrogen) atoms. The van der Waals surface area contributed by atoms with Gasteiger partial charge in [0.15, 0.2) is 0 Å². The van der Waals surface area contributed by atoms with Gasteiger partial charge in [0.25, 0.3) is 5.69 Å². The molecule has 1 fully saturated rings. The van der Waals surface area contributed by atoms with E-state index in [1.54, 1.807) is 36.4 Å². The van der Waals surface area contributed by atoms with Crippen molar-refractivity contribution in [3.05, 3.63) is 64.2 Å². The topological polar surface area (TPSA) is 122 Å². The number of anilines is 2. The van der Waals surface area contributed by atoms with Gasteiger partial charge < -0.3 is 16.0 Å². The van der Waals surface area contributed by atoms with Gasteiger partial charge in [0.05, 0.1) is 11.0 Å². The summed E-state index contributed by atoms with van der Waals surface area (Å²) in [7, 11) is 0. The minimum absolute atomic E-state index is 0.0709. The maximum Gasteiger partial charge on any atom is 0.269 e. The second kappa shape index (κ2) is 8.70. The predicted molar refractivity (Wildman–Crippen MR) is 110 cm³/mol. The van der Waals surface area contributed by atoms with Gasteiger partial charge >= 0.3 is 0 Å². The Labute approximate surface area is 168 Å². The summed E-state index contributed by atoms with van der Waals surface area (Å²) in [4.78, 5) is 38.3. The molecule has 9 heteroatoms. The normalized spacial score (nSPS) is 15.6. The van der Waals surface area contributed by atoms with E-state index in [2.05, 4.69) is 15.1 Å². The Hall–Kier alpha value is -3.46. The zero-order chi connectivity index (χ0) is 21.0. The summed E-state index contributed by atoms with van der Waals surface area (Å²) in [5.74, 6) is -0.636. The van der Waals surface area contributed by atoms with Crippen molar-refractivity contribution in [2.45, 2.75) is 13.0 Å². The molecule has 0 saturated carbocycles. The Kier molecular flexibility index (Phi) is 6.08. The fraction of sp³-hybridized carbons (Fsp3) is 0.300. The Morgan fingerprint density at radius 3 is 2.14 bits per heavy atom. The van der Waals surface area contributed by atoms with Crippen LogP contribution in [0.5, 0.6) is 0 Å². The largest absolute Gasteiger partial charge is 0.369 e. The molecule has 152 valence electrons. The summed E-state index contributed by atoms with van der Waals surface area (Å²) in [5, 5.41) is 13.6. The molecular formula is C20H23N5O4. The average Bonchev–Trinajstić information content (AvgIpc) is 2.73. The summed E-state index contributed by atoms with van der Waals surface area (Å²) in [5.41, 5.74) is 7.22. The van der Waals surface area contributed by atoms with Crippen molar-refractivity contribution >= 4 is 28.9 Å². The van der Waals surface area contributed by atoms with Crippen LogP contribution < -0.4 is 16.0 Å². The number of nitro groups is 1. The van der Waals surface area contributed by atoms with Crippen molar-refractivity contribution in [3.8, 4) is 0 Å². The third-order valence-electron chi connectivity index (χ3n) is 5.10. The quantitative estimate of drug-likeness (QED) is 0.567. The van der Waals surface area contributed by atoms with Crippen LogP contribution in [0.25, 0.3) is 0 Å². The summed E-state index contributed by atoms with van der Waals surface area (Å²) < 4.78 is 0. The van der Waals surface area contributed by atoms with Crippen molar-refractivity contribution in [1.82, 2.24) is 4.90 Å². The smallest absolute Gasteiger partial charge is 0.269 e. The number of hydrogen-bond acceptors (Lipinski definition) is 6. The molecule has 1 heterocycles. The van der Waals surface area contributed by atoms with Crippen LogP contribution in [0.2, 0.25) is 0 Å². The molecule has 3 N–H and O–H groups in total. The average molecular weight is 397 g/mol. The zero-order valence-corrected chi connectivity index (χ0v) is 16.1. The van der Waals surface area contributed by atoms with Crippen LogP contribution in [0, 0.1) is 10.1 Å². The lowest BCUT2D eigenvalue weighted by Crippen LogP contribution is -2.52. The van der Waals surface area contributed by atoms with E-state index in [9.17, 15) is 19.7 Å². The van der Waals surface area contributed by atoms with Gasteiger partial charge in [-0.25, -0.2) is 0 Å². The number of carbonyl (C=O) groups is 2. The van der Waals surface area contributed by atoms with Gasteiger partial charge in [0, 0.05) is 55.2 Å². The number of nitrogens with one attached hydrogen (secondary N) is 1. The van der Waals surface area contributed by atoms with Crippen molar-refractivity contribution in [1.29, 1.82) is 0 Å². The lowest BCUT2D eigenvalue weighted by molar-refractivity contribution is -0.384. The number of rotatable bonds is 6. The second-order valence-corrected chi connectivity index (χ2v) is 6.90. The minimum Gasteiger partial charge on any atom is -0.369 e. The molecule has 2 aromatic rings. The number of hydrogen-bond donors (Lipinski definition) is 2. The number of non-ortho nitro benzene ring substituents is 1. The molecule has 1 aliphatic heterocycles. The molecule has 0 aliphatic carbocycles. The summed E-state index contributed by atoms with van der Waals surface area (Å²) >= 11 is 0.